The van der Waals surface area contributed by atoms with Crippen molar-refractivity contribution in [2.75, 3.05) is 39.0 Å². The molecule has 3 unspecified atom stereocenters. The van der Waals surface area contributed by atoms with Gasteiger partial charge < -0.3 is 10.0 Å². The molecule has 0 radical (unpaired) electrons. The smallest absolute Gasteiger partial charge is 0.211 e. The van der Waals surface area contributed by atoms with Crippen molar-refractivity contribution in [1.29, 1.82) is 0 Å². The molecule has 0 aromatic heterocycles. The van der Waals surface area contributed by atoms with E-state index >= 15 is 0 Å². The SMILES string of the molecule is CC1CCC(O)C(CN2CCN(S(C)(=O)=O)CC2)C1. The highest BCUT2D eigenvalue weighted by molar-refractivity contribution is 7.88. The molecule has 0 spiro atoms. The van der Waals surface area contributed by atoms with Gasteiger partial charge in [0, 0.05) is 32.7 Å². The monoisotopic (exact) mass is 290 g/mol. The molecule has 2 fully saturated rings. The second-order valence-corrected chi connectivity index (χ2v) is 8.19. The second-order valence-electron chi connectivity index (χ2n) is 6.21. The quantitative estimate of drug-likeness (QED) is 0.815. The van der Waals surface area contributed by atoms with E-state index in [1.807, 2.05) is 0 Å². The van der Waals surface area contributed by atoms with Gasteiger partial charge in [0.05, 0.1) is 12.4 Å². The molecule has 1 saturated carbocycles. The lowest BCUT2D eigenvalue weighted by Crippen LogP contribution is -2.50. The molecule has 2 aliphatic rings. The fourth-order valence-electron chi connectivity index (χ4n) is 3.25. The highest BCUT2D eigenvalue weighted by Gasteiger charge is 2.30. The third-order valence-corrected chi connectivity index (χ3v) is 5.80. The second kappa shape index (κ2) is 6.08. The lowest BCUT2D eigenvalue weighted by atomic mass is 9.80. The van der Waals surface area contributed by atoms with Crippen LogP contribution in [-0.2, 0) is 10.0 Å². The number of nitrogens with zero attached hydrogens (tertiary/aromatic N) is 2. The van der Waals surface area contributed by atoms with Crippen LogP contribution >= 0.6 is 0 Å². The van der Waals surface area contributed by atoms with Crippen molar-refractivity contribution in [2.45, 2.75) is 32.3 Å². The Morgan fingerprint density at radius 2 is 1.79 bits per heavy atom. The Bertz CT molecular complexity index is 391. The molecular weight excluding hydrogens is 264 g/mol. The molecule has 112 valence electrons. The van der Waals surface area contributed by atoms with Crippen molar-refractivity contribution in [3.63, 3.8) is 0 Å². The summed E-state index contributed by atoms with van der Waals surface area (Å²) in [6.45, 7) is 5.88. The molecule has 1 N–H and O–H groups in total. The number of hydrogen-bond acceptors (Lipinski definition) is 4. The summed E-state index contributed by atoms with van der Waals surface area (Å²) < 4.78 is 24.4. The van der Waals surface area contributed by atoms with Crippen molar-refractivity contribution in [1.82, 2.24) is 9.21 Å². The summed E-state index contributed by atoms with van der Waals surface area (Å²) >= 11 is 0. The summed E-state index contributed by atoms with van der Waals surface area (Å²) in [7, 11) is -3.04. The van der Waals surface area contributed by atoms with Crippen molar-refractivity contribution in [3.05, 3.63) is 0 Å². The molecule has 0 bridgehead atoms. The molecule has 5 nitrogen and oxygen atoms in total. The third kappa shape index (κ3) is 4.15. The number of hydrogen-bond donors (Lipinski definition) is 1. The number of rotatable bonds is 3. The van der Waals surface area contributed by atoms with E-state index in [9.17, 15) is 13.5 Å². The molecule has 0 aromatic rings. The Balaban J connectivity index is 1.82. The molecule has 1 aliphatic carbocycles. The maximum absolute atomic E-state index is 11.4. The first-order valence-corrected chi connectivity index (χ1v) is 9.06. The largest absolute Gasteiger partial charge is 0.393 e. The van der Waals surface area contributed by atoms with Gasteiger partial charge in [0.25, 0.3) is 0 Å². The van der Waals surface area contributed by atoms with E-state index in [4.69, 9.17) is 0 Å². The zero-order chi connectivity index (χ0) is 14.0. The minimum absolute atomic E-state index is 0.177. The molecule has 1 aliphatic heterocycles. The normalized spacial score (nSPS) is 35.4. The molecule has 1 heterocycles. The van der Waals surface area contributed by atoms with Gasteiger partial charge in [-0.25, -0.2) is 8.42 Å². The molecular formula is C13H26N2O3S. The molecule has 19 heavy (non-hydrogen) atoms. The van der Waals surface area contributed by atoms with E-state index in [0.29, 0.717) is 24.9 Å². The van der Waals surface area contributed by atoms with Crippen molar-refractivity contribution >= 4 is 10.0 Å². The maximum atomic E-state index is 11.4. The van der Waals surface area contributed by atoms with Gasteiger partial charge in [0.1, 0.15) is 0 Å². The molecule has 1 saturated heterocycles. The minimum Gasteiger partial charge on any atom is -0.393 e. The minimum atomic E-state index is -3.04. The van der Waals surface area contributed by atoms with E-state index in [1.54, 1.807) is 4.31 Å². The zero-order valence-electron chi connectivity index (χ0n) is 12.0. The van der Waals surface area contributed by atoms with Gasteiger partial charge in [-0.1, -0.05) is 6.92 Å². The van der Waals surface area contributed by atoms with Crippen molar-refractivity contribution < 1.29 is 13.5 Å². The van der Waals surface area contributed by atoms with Crippen molar-refractivity contribution in [2.24, 2.45) is 11.8 Å². The molecule has 0 amide bonds. The number of piperazine rings is 1. The molecule has 0 aromatic carbocycles. The fourth-order valence-corrected chi connectivity index (χ4v) is 4.08. The van der Waals surface area contributed by atoms with E-state index in [2.05, 4.69) is 11.8 Å². The first-order valence-electron chi connectivity index (χ1n) is 7.22. The fraction of sp³-hybridized carbons (Fsp3) is 1.00. The van der Waals surface area contributed by atoms with Gasteiger partial charge in [-0.2, -0.15) is 4.31 Å². The number of sulfonamides is 1. The molecule has 3 atom stereocenters. The Morgan fingerprint density at radius 1 is 1.16 bits per heavy atom. The van der Waals surface area contributed by atoms with Crippen LogP contribution in [0.15, 0.2) is 0 Å². The summed E-state index contributed by atoms with van der Waals surface area (Å²) in [6.07, 6.45) is 4.22. The predicted octanol–water partition coefficient (Wildman–Crippen LogP) is 0.361. The molecule has 6 heteroatoms. The van der Waals surface area contributed by atoms with Gasteiger partial charge >= 0.3 is 0 Å². The third-order valence-electron chi connectivity index (χ3n) is 4.50. The average molecular weight is 290 g/mol. The van der Waals surface area contributed by atoms with Crippen LogP contribution in [0.5, 0.6) is 0 Å². The summed E-state index contributed by atoms with van der Waals surface area (Å²) in [5.41, 5.74) is 0. The highest BCUT2D eigenvalue weighted by atomic mass is 32.2. The Morgan fingerprint density at radius 3 is 2.37 bits per heavy atom. The van der Waals surface area contributed by atoms with E-state index in [0.717, 1.165) is 38.9 Å². The first kappa shape index (κ1) is 15.2. The zero-order valence-corrected chi connectivity index (χ0v) is 12.8. The Kier molecular flexibility index (Phi) is 4.87. The highest BCUT2D eigenvalue weighted by Crippen LogP contribution is 2.29. The van der Waals surface area contributed by atoms with Gasteiger partial charge in [-0.05, 0) is 31.1 Å². The van der Waals surface area contributed by atoms with Crippen LogP contribution < -0.4 is 0 Å². The van der Waals surface area contributed by atoms with Crippen LogP contribution in [0.2, 0.25) is 0 Å². The Labute approximate surface area is 116 Å². The lowest BCUT2D eigenvalue weighted by molar-refractivity contribution is 0.0248. The summed E-state index contributed by atoms with van der Waals surface area (Å²) in [5.74, 6) is 1.05. The van der Waals surface area contributed by atoms with Gasteiger partial charge in [0.2, 0.25) is 10.0 Å². The van der Waals surface area contributed by atoms with E-state index < -0.39 is 10.0 Å². The number of aliphatic hydroxyl groups excluding tert-OH is 1. The first-order chi connectivity index (χ1) is 8.86. The summed E-state index contributed by atoms with van der Waals surface area (Å²) in [6, 6.07) is 0. The van der Waals surface area contributed by atoms with Crippen LogP contribution in [0.3, 0.4) is 0 Å². The standard InChI is InChI=1S/C13H26N2O3S/c1-11-3-4-13(16)12(9-11)10-14-5-7-15(8-6-14)19(2,17)18/h11-13,16H,3-10H2,1-2H3. The molecule has 2 rings (SSSR count). The lowest BCUT2D eigenvalue weighted by Gasteiger charge is -2.38. The average Bonchev–Trinajstić information content (AvgIpc) is 2.33. The number of aliphatic hydroxyl groups is 1. The van der Waals surface area contributed by atoms with Crippen LogP contribution in [0.25, 0.3) is 0 Å². The van der Waals surface area contributed by atoms with Crippen molar-refractivity contribution in [3.8, 4) is 0 Å². The van der Waals surface area contributed by atoms with Gasteiger partial charge in [0.15, 0.2) is 0 Å². The van der Waals surface area contributed by atoms with Crippen LogP contribution in [-0.4, -0.2) is 67.8 Å². The topological polar surface area (TPSA) is 60.9 Å². The van der Waals surface area contributed by atoms with Crippen LogP contribution in [0.1, 0.15) is 26.2 Å². The Hall–Kier alpha value is -0.170. The van der Waals surface area contributed by atoms with Gasteiger partial charge in [-0.15, -0.1) is 0 Å². The van der Waals surface area contributed by atoms with E-state index in [1.165, 1.54) is 6.26 Å². The van der Waals surface area contributed by atoms with Crippen LogP contribution in [0, 0.1) is 11.8 Å². The summed E-state index contributed by atoms with van der Waals surface area (Å²) in [5, 5.41) is 10.1. The van der Waals surface area contributed by atoms with Crippen LogP contribution in [0.4, 0.5) is 0 Å². The van der Waals surface area contributed by atoms with E-state index in [-0.39, 0.29) is 6.10 Å². The summed E-state index contributed by atoms with van der Waals surface area (Å²) in [4.78, 5) is 2.30. The van der Waals surface area contributed by atoms with Gasteiger partial charge in [-0.3, -0.25) is 0 Å². The predicted molar refractivity (Wildman–Crippen MR) is 75.4 cm³/mol. The maximum Gasteiger partial charge on any atom is 0.211 e.